The van der Waals surface area contributed by atoms with Crippen LogP contribution in [0.15, 0.2) is 18.2 Å². The van der Waals surface area contributed by atoms with E-state index in [-0.39, 0.29) is 0 Å². The number of rotatable bonds is 5. The van der Waals surface area contributed by atoms with Crippen LogP contribution < -0.4 is 5.32 Å². The van der Waals surface area contributed by atoms with E-state index < -0.39 is 5.97 Å². The van der Waals surface area contributed by atoms with E-state index in [9.17, 15) is 9.90 Å². The molecule has 1 aromatic carbocycles. The molecule has 5 heteroatoms. The van der Waals surface area contributed by atoms with Crippen LogP contribution in [0.1, 0.15) is 28.0 Å². The topological polar surface area (TPSA) is 57.5 Å². The molecule has 0 amide bonds. The second-order valence-corrected chi connectivity index (χ2v) is 6.32. The highest BCUT2D eigenvalue weighted by atomic mass is 16.4. The van der Waals surface area contributed by atoms with Crippen molar-refractivity contribution in [2.75, 3.05) is 32.7 Å². The number of nitrogens with zero attached hydrogens (tertiary/aromatic N) is 2. The number of carbonyl (C=O) groups is 1. The first-order chi connectivity index (χ1) is 11.1. The van der Waals surface area contributed by atoms with Crippen molar-refractivity contribution < 1.29 is 9.90 Å². The summed E-state index contributed by atoms with van der Waals surface area (Å²) < 4.78 is 2.11. The van der Waals surface area contributed by atoms with E-state index in [4.69, 9.17) is 0 Å². The predicted molar refractivity (Wildman–Crippen MR) is 92.2 cm³/mol. The molecule has 1 saturated heterocycles. The van der Waals surface area contributed by atoms with Gasteiger partial charge in [-0.1, -0.05) is 6.07 Å². The van der Waals surface area contributed by atoms with Gasteiger partial charge in [-0.3, -0.25) is 0 Å². The molecule has 23 heavy (non-hydrogen) atoms. The van der Waals surface area contributed by atoms with Crippen molar-refractivity contribution in [2.24, 2.45) is 7.05 Å². The van der Waals surface area contributed by atoms with Gasteiger partial charge in [0.25, 0.3) is 0 Å². The minimum Gasteiger partial charge on any atom is -0.478 e. The summed E-state index contributed by atoms with van der Waals surface area (Å²) in [5, 5.41) is 13.8. The van der Waals surface area contributed by atoms with E-state index in [0.717, 1.165) is 56.5 Å². The third-order valence-corrected chi connectivity index (χ3v) is 4.99. The Labute approximate surface area is 136 Å². The fourth-order valence-corrected chi connectivity index (χ4v) is 3.60. The summed E-state index contributed by atoms with van der Waals surface area (Å²) >= 11 is 0. The van der Waals surface area contributed by atoms with E-state index in [0.29, 0.717) is 5.56 Å². The van der Waals surface area contributed by atoms with E-state index in [2.05, 4.69) is 21.7 Å². The summed E-state index contributed by atoms with van der Waals surface area (Å²) in [6.07, 6.45) is 1.99. The van der Waals surface area contributed by atoms with Crippen LogP contribution in [0.25, 0.3) is 10.9 Å². The van der Waals surface area contributed by atoms with Crippen molar-refractivity contribution in [1.29, 1.82) is 0 Å². The average Bonchev–Trinajstić information content (AvgIpc) is 2.81. The molecule has 2 heterocycles. The van der Waals surface area contributed by atoms with E-state index in [1.54, 1.807) is 6.07 Å². The largest absolute Gasteiger partial charge is 0.478 e. The number of fused-ring (bicyclic) bond motifs is 1. The van der Waals surface area contributed by atoms with Crippen molar-refractivity contribution >= 4 is 16.9 Å². The molecule has 0 radical (unpaired) electrons. The van der Waals surface area contributed by atoms with Gasteiger partial charge < -0.3 is 19.9 Å². The summed E-state index contributed by atoms with van der Waals surface area (Å²) in [6.45, 7) is 7.51. The molecule has 5 nitrogen and oxygen atoms in total. The van der Waals surface area contributed by atoms with Gasteiger partial charge in [0, 0.05) is 49.8 Å². The van der Waals surface area contributed by atoms with Gasteiger partial charge in [-0.25, -0.2) is 4.79 Å². The summed E-state index contributed by atoms with van der Waals surface area (Å²) in [4.78, 5) is 14.1. The van der Waals surface area contributed by atoms with Crippen LogP contribution in [0.4, 0.5) is 0 Å². The fourth-order valence-electron chi connectivity index (χ4n) is 3.60. The van der Waals surface area contributed by atoms with Crippen LogP contribution in [0.3, 0.4) is 0 Å². The number of aromatic carboxylic acids is 1. The van der Waals surface area contributed by atoms with Crippen LogP contribution in [0.5, 0.6) is 0 Å². The maximum atomic E-state index is 11.6. The Morgan fingerprint density at radius 3 is 2.74 bits per heavy atom. The first kappa shape index (κ1) is 16.0. The summed E-state index contributed by atoms with van der Waals surface area (Å²) in [6, 6.07) is 5.55. The minimum atomic E-state index is -0.843. The summed E-state index contributed by atoms with van der Waals surface area (Å²) in [7, 11) is 2.02. The molecule has 1 aromatic heterocycles. The molecular weight excluding hydrogens is 290 g/mol. The van der Waals surface area contributed by atoms with Crippen molar-refractivity contribution in [1.82, 2.24) is 14.8 Å². The van der Waals surface area contributed by atoms with Gasteiger partial charge in [-0.2, -0.15) is 0 Å². The number of carboxylic acids is 1. The molecule has 0 atom stereocenters. The fraction of sp³-hybridized carbons (Fsp3) is 0.500. The highest BCUT2D eigenvalue weighted by molar-refractivity contribution is 6.05. The molecular formula is C18H25N3O2. The van der Waals surface area contributed by atoms with Gasteiger partial charge >= 0.3 is 5.97 Å². The SMILES string of the molecule is Cc1c(CCCN2CCNCC2)c2c(C(=O)O)cccc2n1C. The van der Waals surface area contributed by atoms with Gasteiger partial charge in [0.15, 0.2) is 0 Å². The maximum absolute atomic E-state index is 11.6. The monoisotopic (exact) mass is 315 g/mol. The van der Waals surface area contributed by atoms with Crippen LogP contribution in [-0.4, -0.2) is 53.3 Å². The minimum absolute atomic E-state index is 0.420. The molecule has 0 saturated carbocycles. The lowest BCUT2D eigenvalue weighted by Gasteiger charge is -2.27. The number of piperazine rings is 1. The molecule has 1 aliphatic rings. The Kier molecular flexibility index (Phi) is 4.68. The van der Waals surface area contributed by atoms with Crippen molar-refractivity contribution in [2.45, 2.75) is 19.8 Å². The zero-order valence-electron chi connectivity index (χ0n) is 13.9. The molecule has 1 aliphatic heterocycles. The highest BCUT2D eigenvalue weighted by Gasteiger charge is 2.18. The summed E-state index contributed by atoms with van der Waals surface area (Å²) in [5.74, 6) is -0.843. The Balaban J connectivity index is 1.84. The number of aromatic nitrogens is 1. The molecule has 0 aliphatic carbocycles. The molecule has 1 fully saturated rings. The summed E-state index contributed by atoms with van der Waals surface area (Å²) in [5.41, 5.74) is 3.80. The lowest BCUT2D eigenvalue weighted by atomic mass is 10.0. The first-order valence-electron chi connectivity index (χ1n) is 8.33. The number of benzene rings is 1. The van der Waals surface area contributed by atoms with Crippen LogP contribution in [0, 0.1) is 6.92 Å². The molecule has 2 N–H and O–H groups in total. The van der Waals surface area contributed by atoms with Crippen LogP contribution in [-0.2, 0) is 13.5 Å². The van der Waals surface area contributed by atoms with Crippen LogP contribution >= 0.6 is 0 Å². The highest BCUT2D eigenvalue weighted by Crippen LogP contribution is 2.29. The first-order valence-corrected chi connectivity index (χ1v) is 8.33. The molecule has 0 bridgehead atoms. The smallest absolute Gasteiger partial charge is 0.336 e. The second-order valence-electron chi connectivity index (χ2n) is 6.32. The number of hydrogen-bond donors (Lipinski definition) is 2. The average molecular weight is 315 g/mol. The molecule has 0 spiro atoms. The molecule has 3 rings (SSSR count). The van der Waals surface area contributed by atoms with Crippen LogP contribution in [0.2, 0.25) is 0 Å². The number of carboxylic acid groups (broad SMARTS) is 1. The molecule has 0 unspecified atom stereocenters. The normalized spacial score (nSPS) is 16.1. The van der Waals surface area contributed by atoms with Crippen molar-refractivity contribution in [3.8, 4) is 0 Å². The lowest BCUT2D eigenvalue weighted by molar-refractivity contribution is 0.0699. The van der Waals surface area contributed by atoms with Gasteiger partial charge in [0.1, 0.15) is 0 Å². The zero-order chi connectivity index (χ0) is 16.4. The zero-order valence-corrected chi connectivity index (χ0v) is 13.9. The van der Waals surface area contributed by atoms with Crippen molar-refractivity contribution in [3.63, 3.8) is 0 Å². The van der Waals surface area contributed by atoms with Gasteiger partial charge in [0.2, 0.25) is 0 Å². The van der Waals surface area contributed by atoms with Gasteiger partial charge in [-0.05, 0) is 44.0 Å². The third kappa shape index (κ3) is 3.12. The Bertz CT molecular complexity index is 715. The van der Waals surface area contributed by atoms with Crippen molar-refractivity contribution in [3.05, 3.63) is 35.0 Å². The standard InChI is InChI=1S/C18H25N3O2/c1-13-14(6-4-10-21-11-8-19-9-12-21)17-15(18(22)23)5-3-7-16(17)20(13)2/h3,5,7,19H,4,6,8-12H2,1-2H3,(H,22,23). The predicted octanol–water partition coefficient (Wildman–Crippen LogP) is 2.02. The number of hydrogen-bond acceptors (Lipinski definition) is 3. The Morgan fingerprint density at radius 1 is 1.30 bits per heavy atom. The third-order valence-electron chi connectivity index (χ3n) is 4.99. The molecule has 2 aromatic rings. The molecule has 124 valence electrons. The van der Waals surface area contributed by atoms with Gasteiger partial charge in [-0.15, -0.1) is 0 Å². The number of nitrogens with one attached hydrogen (secondary N) is 1. The Hall–Kier alpha value is -1.85. The Morgan fingerprint density at radius 2 is 2.04 bits per heavy atom. The van der Waals surface area contributed by atoms with E-state index in [1.807, 2.05) is 19.2 Å². The van der Waals surface area contributed by atoms with Gasteiger partial charge in [0.05, 0.1) is 5.56 Å². The van der Waals surface area contributed by atoms with E-state index in [1.165, 1.54) is 11.3 Å². The quantitative estimate of drug-likeness (QED) is 0.886. The lowest BCUT2D eigenvalue weighted by Crippen LogP contribution is -2.43. The van der Waals surface area contributed by atoms with E-state index >= 15 is 0 Å². The number of aryl methyl sites for hydroxylation is 2. The second kappa shape index (κ2) is 6.72. The maximum Gasteiger partial charge on any atom is 0.336 e.